The van der Waals surface area contributed by atoms with Crippen molar-refractivity contribution in [2.45, 2.75) is 20.0 Å². The van der Waals surface area contributed by atoms with Crippen LogP contribution in [0.2, 0.25) is 5.02 Å². The number of allylic oxidation sites excluding steroid dienone is 1. The number of rotatable bonds is 6. The highest BCUT2D eigenvalue weighted by Crippen LogP contribution is 2.21. The van der Waals surface area contributed by atoms with Crippen LogP contribution in [-0.2, 0) is 4.79 Å². The van der Waals surface area contributed by atoms with Gasteiger partial charge in [-0.25, -0.2) is 5.43 Å². The maximum absolute atomic E-state index is 11.9. The Hall–Kier alpha value is -2.59. The Morgan fingerprint density at radius 2 is 2.00 bits per heavy atom. The molecule has 0 heterocycles. The molecule has 2 aromatic carbocycles. The number of hydrazone groups is 1. The fourth-order valence-electron chi connectivity index (χ4n) is 1.90. The molecular formula is C19H19ClN2O2. The highest BCUT2D eigenvalue weighted by atomic mass is 35.5. The third-order valence-electron chi connectivity index (χ3n) is 3.24. The molecule has 2 aromatic rings. The summed E-state index contributed by atoms with van der Waals surface area (Å²) in [5.41, 5.74) is 4.40. The van der Waals surface area contributed by atoms with E-state index in [1.54, 1.807) is 31.2 Å². The topological polar surface area (TPSA) is 50.7 Å². The van der Waals surface area contributed by atoms with Gasteiger partial charge in [0.05, 0.1) is 0 Å². The lowest BCUT2D eigenvalue weighted by Crippen LogP contribution is -2.33. The number of carbonyl (C=O) groups excluding carboxylic acids is 1. The number of hydrogen-bond acceptors (Lipinski definition) is 3. The first-order chi connectivity index (χ1) is 11.6. The third-order valence-corrected chi connectivity index (χ3v) is 3.66. The van der Waals surface area contributed by atoms with Crippen molar-refractivity contribution in [2.24, 2.45) is 5.10 Å². The third kappa shape index (κ3) is 5.56. The highest BCUT2D eigenvalue weighted by molar-refractivity contribution is 6.31. The first-order valence-electron chi connectivity index (χ1n) is 7.53. The summed E-state index contributed by atoms with van der Waals surface area (Å²) in [6, 6.07) is 15.1. The molecule has 0 spiro atoms. The Bertz CT molecular complexity index is 742. The molecular weight excluding hydrogens is 324 g/mol. The van der Waals surface area contributed by atoms with Gasteiger partial charge in [-0.2, -0.15) is 5.10 Å². The minimum atomic E-state index is -0.666. The van der Waals surface area contributed by atoms with E-state index in [9.17, 15) is 4.79 Å². The summed E-state index contributed by atoms with van der Waals surface area (Å²) in [4.78, 5) is 11.9. The highest BCUT2D eigenvalue weighted by Gasteiger charge is 2.14. The van der Waals surface area contributed by atoms with E-state index < -0.39 is 6.10 Å². The van der Waals surface area contributed by atoms with Crippen LogP contribution in [0, 0.1) is 6.92 Å². The smallest absolute Gasteiger partial charge is 0.280 e. The molecule has 1 amide bonds. The van der Waals surface area contributed by atoms with Crippen molar-refractivity contribution in [1.82, 2.24) is 5.43 Å². The number of aryl methyl sites for hydroxylation is 1. The molecule has 0 saturated heterocycles. The lowest BCUT2D eigenvalue weighted by Gasteiger charge is -2.13. The van der Waals surface area contributed by atoms with E-state index in [1.807, 2.05) is 43.3 Å². The van der Waals surface area contributed by atoms with Crippen molar-refractivity contribution in [1.29, 1.82) is 0 Å². The van der Waals surface area contributed by atoms with Gasteiger partial charge in [-0.3, -0.25) is 4.79 Å². The van der Waals surface area contributed by atoms with E-state index >= 15 is 0 Å². The van der Waals surface area contributed by atoms with E-state index in [0.29, 0.717) is 10.8 Å². The van der Waals surface area contributed by atoms with E-state index in [-0.39, 0.29) is 5.91 Å². The van der Waals surface area contributed by atoms with E-state index in [0.717, 1.165) is 11.1 Å². The van der Waals surface area contributed by atoms with Gasteiger partial charge in [0, 0.05) is 11.2 Å². The summed E-state index contributed by atoms with van der Waals surface area (Å²) in [5, 5.41) is 4.53. The quantitative estimate of drug-likeness (QED) is 0.631. The molecule has 124 valence electrons. The van der Waals surface area contributed by atoms with Gasteiger partial charge in [-0.1, -0.05) is 48.0 Å². The largest absolute Gasteiger partial charge is 0.481 e. The zero-order valence-electron chi connectivity index (χ0n) is 13.6. The molecule has 4 nitrogen and oxygen atoms in total. The van der Waals surface area contributed by atoms with Crippen molar-refractivity contribution >= 4 is 29.8 Å². The Labute approximate surface area is 146 Å². The fraction of sp³-hybridized carbons (Fsp3) is 0.158. The molecule has 0 aromatic heterocycles. The van der Waals surface area contributed by atoms with Gasteiger partial charge in [-0.15, -0.1) is 0 Å². The average molecular weight is 343 g/mol. The number of benzene rings is 2. The van der Waals surface area contributed by atoms with E-state index in [2.05, 4.69) is 10.5 Å². The fourth-order valence-corrected chi connectivity index (χ4v) is 2.02. The van der Waals surface area contributed by atoms with Crippen LogP contribution < -0.4 is 10.2 Å². The van der Waals surface area contributed by atoms with Crippen molar-refractivity contribution in [2.75, 3.05) is 0 Å². The van der Waals surface area contributed by atoms with Crippen LogP contribution in [-0.4, -0.2) is 18.2 Å². The Morgan fingerprint density at radius 3 is 2.71 bits per heavy atom. The van der Waals surface area contributed by atoms with Crippen LogP contribution in [0.1, 0.15) is 18.1 Å². The molecule has 0 radical (unpaired) electrons. The molecule has 0 unspecified atom stereocenters. The minimum absolute atomic E-state index is 0.327. The normalized spacial score (nSPS) is 12.5. The second kappa shape index (κ2) is 8.89. The van der Waals surface area contributed by atoms with E-state index in [4.69, 9.17) is 16.3 Å². The molecule has 1 atom stereocenters. The number of halogens is 1. The van der Waals surface area contributed by atoms with E-state index in [1.165, 1.54) is 6.21 Å². The zero-order valence-corrected chi connectivity index (χ0v) is 14.3. The molecule has 0 fully saturated rings. The maximum Gasteiger partial charge on any atom is 0.280 e. The lowest BCUT2D eigenvalue weighted by molar-refractivity contribution is -0.127. The Kier molecular flexibility index (Phi) is 6.58. The Balaban J connectivity index is 1.82. The number of nitrogens with zero attached hydrogens (tertiary/aromatic N) is 1. The molecule has 24 heavy (non-hydrogen) atoms. The summed E-state index contributed by atoms with van der Waals surface area (Å²) in [6.07, 6.45) is 4.50. The van der Waals surface area contributed by atoms with Gasteiger partial charge in [0.15, 0.2) is 6.10 Å². The molecule has 0 bridgehead atoms. The molecule has 5 heteroatoms. The number of carbonyl (C=O) groups is 1. The molecule has 0 aliphatic heterocycles. The average Bonchev–Trinajstić information content (AvgIpc) is 2.58. The van der Waals surface area contributed by atoms with Gasteiger partial charge in [0.1, 0.15) is 5.75 Å². The predicted octanol–water partition coefficient (Wildman–Crippen LogP) is 4.23. The molecule has 0 aliphatic carbocycles. The lowest BCUT2D eigenvalue weighted by atomic mass is 10.2. The summed E-state index contributed by atoms with van der Waals surface area (Å²) in [6.45, 7) is 3.54. The standard InChI is InChI=1S/C19H19ClN2O2/c1-14-13-17(10-11-18(14)20)24-15(2)19(23)22-21-12-6-9-16-7-4-3-5-8-16/h3-13,15H,1-2H3,(H,22,23)/b9-6-,21-12?/t15-/m1/s1. The minimum Gasteiger partial charge on any atom is -0.481 e. The number of nitrogens with one attached hydrogen (secondary N) is 1. The predicted molar refractivity (Wildman–Crippen MR) is 98.4 cm³/mol. The summed E-state index contributed by atoms with van der Waals surface area (Å²) >= 11 is 5.96. The maximum atomic E-state index is 11.9. The van der Waals surface area contributed by atoms with Gasteiger partial charge < -0.3 is 4.74 Å². The molecule has 0 aliphatic rings. The number of hydrogen-bond donors (Lipinski definition) is 1. The second-order valence-corrected chi connectivity index (χ2v) is 5.60. The number of amides is 1. The molecule has 0 saturated carbocycles. The van der Waals surface area contributed by atoms with Crippen LogP contribution in [0.5, 0.6) is 5.75 Å². The van der Waals surface area contributed by atoms with Crippen LogP contribution in [0.3, 0.4) is 0 Å². The van der Waals surface area contributed by atoms with Crippen LogP contribution in [0.25, 0.3) is 6.08 Å². The van der Waals surface area contributed by atoms with Crippen LogP contribution >= 0.6 is 11.6 Å². The van der Waals surface area contributed by atoms with Crippen LogP contribution in [0.15, 0.2) is 59.7 Å². The van der Waals surface area contributed by atoms with Gasteiger partial charge >= 0.3 is 0 Å². The SMILES string of the molecule is Cc1cc(O[C@H](C)C(=O)NN=C/C=C\c2ccccc2)ccc1Cl. The molecule has 1 N–H and O–H groups in total. The Morgan fingerprint density at radius 1 is 1.25 bits per heavy atom. The van der Waals surface area contributed by atoms with Crippen molar-refractivity contribution in [3.8, 4) is 5.75 Å². The van der Waals surface area contributed by atoms with Crippen molar-refractivity contribution < 1.29 is 9.53 Å². The van der Waals surface area contributed by atoms with Crippen molar-refractivity contribution in [3.05, 3.63) is 70.8 Å². The first-order valence-corrected chi connectivity index (χ1v) is 7.91. The summed E-state index contributed by atoms with van der Waals surface area (Å²) < 4.78 is 5.58. The van der Waals surface area contributed by atoms with Crippen LogP contribution in [0.4, 0.5) is 0 Å². The molecule has 2 rings (SSSR count). The van der Waals surface area contributed by atoms with Gasteiger partial charge in [-0.05, 0) is 49.2 Å². The first kappa shape index (κ1) is 17.8. The second-order valence-electron chi connectivity index (χ2n) is 5.20. The zero-order chi connectivity index (χ0) is 17.4. The summed E-state index contributed by atoms with van der Waals surface area (Å²) in [5.74, 6) is 0.263. The van der Waals surface area contributed by atoms with Crippen molar-refractivity contribution in [3.63, 3.8) is 0 Å². The van der Waals surface area contributed by atoms with Gasteiger partial charge in [0.25, 0.3) is 5.91 Å². The number of ether oxygens (including phenoxy) is 1. The monoisotopic (exact) mass is 342 g/mol. The summed E-state index contributed by atoms with van der Waals surface area (Å²) in [7, 11) is 0. The van der Waals surface area contributed by atoms with Gasteiger partial charge in [0.2, 0.25) is 0 Å².